The highest BCUT2D eigenvalue weighted by molar-refractivity contribution is 5.19. The minimum Gasteiger partial charge on any atom is -0.474 e. The lowest BCUT2D eigenvalue weighted by molar-refractivity contribution is 0.206. The Hall–Kier alpha value is -1.76. The summed E-state index contributed by atoms with van der Waals surface area (Å²) < 4.78 is 10.8. The van der Waals surface area contributed by atoms with Crippen LogP contribution in [0.4, 0.5) is 0 Å². The average molecular weight is 220 g/mol. The van der Waals surface area contributed by atoms with E-state index in [4.69, 9.17) is 9.47 Å². The molecule has 86 valence electrons. The highest BCUT2D eigenvalue weighted by Gasteiger charge is 2.04. The van der Waals surface area contributed by atoms with E-state index in [2.05, 4.69) is 28.7 Å². The third kappa shape index (κ3) is 4.18. The van der Waals surface area contributed by atoms with Gasteiger partial charge in [0.25, 0.3) is 0 Å². The third-order valence-corrected chi connectivity index (χ3v) is 1.98. The van der Waals surface area contributed by atoms with Gasteiger partial charge in [-0.25, -0.2) is 9.97 Å². The maximum Gasteiger partial charge on any atom is 0.221 e. The van der Waals surface area contributed by atoms with Crippen LogP contribution in [0.2, 0.25) is 0 Å². The van der Waals surface area contributed by atoms with Gasteiger partial charge < -0.3 is 9.47 Å². The molecule has 1 atom stereocenters. The number of aromatic nitrogens is 2. The van der Waals surface area contributed by atoms with Crippen LogP contribution in [0.1, 0.15) is 27.2 Å². The van der Waals surface area contributed by atoms with Crippen LogP contribution in [-0.2, 0) is 0 Å². The van der Waals surface area contributed by atoms with Crippen LogP contribution in [0.3, 0.4) is 0 Å². The van der Waals surface area contributed by atoms with E-state index in [0.717, 1.165) is 6.42 Å². The van der Waals surface area contributed by atoms with Gasteiger partial charge in [0, 0.05) is 0 Å². The van der Waals surface area contributed by atoms with Crippen LogP contribution in [-0.4, -0.2) is 22.7 Å². The Labute approximate surface area is 96.0 Å². The van der Waals surface area contributed by atoms with Gasteiger partial charge in [-0.15, -0.1) is 5.92 Å². The minimum atomic E-state index is 0.137. The number of ether oxygens (including phenoxy) is 2. The van der Waals surface area contributed by atoms with Crippen molar-refractivity contribution in [3.8, 4) is 23.6 Å². The van der Waals surface area contributed by atoms with E-state index in [1.165, 1.54) is 6.33 Å². The van der Waals surface area contributed by atoms with Crippen LogP contribution >= 0.6 is 0 Å². The number of nitrogens with zero attached hydrogens (tertiary/aromatic N) is 2. The third-order valence-electron chi connectivity index (χ3n) is 1.98. The predicted octanol–water partition coefficient (Wildman–Crippen LogP) is 2.06. The summed E-state index contributed by atoms with van der Waals surface area (Å²) in [6.45, 7) is 6.14. The highest BCUT2D eigenvalue weighted by atomic mass is 16.5. The average Bonchev–Trinajstić information content (AvgIpc) is 2.30. The van der Waals surface area contributed by atoms with Gasteiger partial charge in [0.15, 0.2) is 6.61 Å². The molecule has 0 amide bonds. The van der Waals surface area contributed by atoms with E-state index in [1.54, 1.807) is 13.0 Å². The van der Waals surface area contributed by atoms with Gasteiger partial charge in [-0.05, 0) is 20.3 Å². The first-order valence-electron chi connectivity index (χ1n) is 5.27. The van der Waals surface area contributed by atoms with Crippen molar-refractivity contribution in [2.24, 2.45) is 0 Å². The Morgan fingerprint density at radius 1 is 1.38 bits per heavy atom. The molecule has 1 heterocycles. The zero-order valence-corrected chi connectivity index (χ0v) is 9.86. The molecule has 4 heteroatoms. The molecule has 0 aliphatic carbocycles. The molecule has 0 unspecified atom stereocenters. The predicted molar refractivity (Wildman–Crippen MR) is 61.4 cm³/mol. The molecule has 4 nitrogen and oxygen atoms in total. The van der Waals surface area contributed by atoms with Crippen molar-refractivity contribution in [1.29, 1.82) is 0 Å². The second kappa shape index (κ2) is 6.67. The van der Waals surface area contributed by atoms with Gasteiger partial charge in [-0.3, -0.25) is 0 Å². The molecular weight excluding hydrogens is 204 g/mol. The molecule has 1 aromatic rings. The van der Waals surface area contributed by atoms with E-state index in [1.807, 2.05) is 6.92 Å². The fraction of sp³-hybridized carbons (Fsp3) is 0.500. The zero-order chi connectivity index (χ0) is 11.8. The van der Waals surface area contributed by atoms with Gasteiger partial charge in [-0.2, -0.15) is 0 Å². The first-order chi connectivity index (χ1) is 7.76. The summed E-state index contributed by atoms with van der Waals surface area (Å²) in [7, 11) is 0. The lowest BCUT2D eigenvalue weighted by Gasteiger charge is -2.11. The topological polar surface area (TPSA) is 44.2 Å². The summed E-state index contributed by atoms with van der Waals surface area (Å²) in [6, 6.07) is 1.67. The summed E-state index contributed by atoms with van der Waals surface area (Å²) in [5.74, 6) is 6.55. The molecule has 1 aromatic heterocycles. The molecular formula is C12H16N2O2. The molecule has 1 rings (SSSR count). The SMILES string of the molecule is CC#CCOc1cc(O[C@@H](C)CC)ncn1. The van der Waals surface area contributed by atoms with Gasteiger partial charge in [0.1, 0.15) is 6.33 Å². The van der Waals surface area contributed by atoms with Crippen molar-refractivity contribution in [3.63, 3.8) is 0 Å². The second-order valence-corrected chi connectivity index (χ2v) is 3.25. The lowest BCUT2D eigenvalue weighted by atomic mass is 10.3. The van der Waals surface area contributed by atoms with E-state index in [9.17, 15) is 0 Å². The fourth-order valence-corrected chi connectivity index (χ4v) is 0.938. The molecule has 16 heavy (non-hydrogen) atoms. The normalized spacial score (nSPS) is 11.2. The quantitative estimate of drug-likeness (QED) is 0.712. The summed E-state index contributed by atoms with van der Waals surface area (Å²) in [5, 5.41) is 0. The number of hydrogen-bond acceptors (Lipinski definition) is 4. The largest absolute Gasteiger partial charge is 0.474 e. The molecule has 0 bridgehead atoms. The zero-order valence-electron chi connectivity index (χ0n) is 9.86. The Morgan fingerprint density at radius 2 is 2.12 bits per heavy atom. The van der Waals surface area contributed by atoms with Crippen LogP contribution in [0, 0.1) is 11.8 Å². The summed E-state index contributed by atoms with van der Waals surface area (Å²) in [5.41, 5.74) is 0. The maximum absolute atomic E-state index is 5.54. The summed E-state index contributed by atoms with van der Waals surface area (Å²) in [6.07, 6.45) is 2.49. The van der Waals surface area contributed by atoms with Crippen molar-refractivity contribution in [3.05, 3.63) is 12.4 Å². The Bertz CT molecular complexity index is 382. The molecule has 0 saturated heterocycles. The minimum absolute atomic E-state index is 0.137. The molecule has 0 aliphatic heterocycles. The molecule has 0 saturated carbocycles. The van der Waals surface area contributed by atoms with Crippen molar-refractivity contribution in [2.45, 2.75) is 33.3 Å². The molecule has 0 N–H and O–H groups in total. The Kier molecular flexibility index (Phi) is 5.13. The first-order valence-corrected chi connectivity index (χ1v) is 5.27. The summed E-state index contributed by atoms with van der Waals surface area (Å²) >= 11 is 0. The maximum atomic E-state index is 5.54. The molecule has 0 radical (unpaired) electrons. The van der Waals surface area contributed by atoms with Gasteiger partial charge in [0.05, 0.1) is 12.2 Å². The second-order valence-electron chi connectivity index (χ2n) is 3.25. The van der Waals surface area contributed by atoms with Gasteiger partial charge >= 0.3 is 0 Å². The summed E-state index contributed by atoms with van der Waals surface area (Å²) in [4.78, 5) is 7.97. The van der Waals surface area contributed by atoms with Gasteiger partial charge in [0.2, 0.25) is 11.8 Å². The van der Waals surface area contributed by atoms with Crippen molar-refractivity contribution >= 4 is 0 Å². The molecule has 0 aromatic carbocycles. The molecule has 0 spiro atoms. The lowest BCUT2D eigenvalue weighted by Crippen LogP contribution is -2.11. The van der Waals surface area contributed by atoms with E-state index in [0.29, 0.717) is 18.4 Å². The number of rotatable bonds is 5. The smallest absolute Gasteiger partial charge is 0.221 e. The van der Waals surface area contributed by atoms with Crippen LogP contribution in [0.15, 0.2) is 12.4 Å². The van der Waals surface area contributed by atoms with Crippen molar-refractivity contribution in [2.75, 3.05) is 6.61 Å². The van der Waals surface area contributed by atoms with Crippen LogP contribution in [0.5, 0.6) is 11.8 Å². The Balaban J connectivity index is 2.58. The monoisotopic (exact) mass is 220 g/mol. The van der Waals surface area contributed by atoms with Crippen molar-refractivity contribution in [1.82, 2.24) is 9.97 Å². The first kappa shape index (κ1) is 12.3. The molecule has 0 aliphatic rings. The van der Waals surface area contributed by atoms with Gasteiger partial charge in [-0.1, -0.05) is 12.8 Å². The van der Waals surface area contributed by atoms with E-state index in [-0.39, 0.29) is 6.10 Å². The standard InChI is InChI=1S/C12H16N2O2/c1-4-6-7-15-11-8-12(14-9-13-11)16-10(3)5-2/h8-10H,5,7H2,1-3H3/t10-/m0/s1. The van der Waals surface area contributed by atoms with E-state index < -0.39 is 0 Å². The van der Waals surface area contributed by atoms with E-state index >= 15 is 0 Å². The van der Waals surface area contributed by atoms with Crippen LogP contribution < -0.4 is 9.47 Å². The highest BCUT2D eigenvalue weighted by Crippen LogP contribution is 2.14. The van der Waals surface area contributed by atoms with Crippen LogP contribution in [0.25, 0.3) is 0 Å². The van der Waals surface area contributed by atoms with Crippen molar-refractivity contribution < 1.29 is 9.47 Å². The Morgan fingerprint density at radius 3 is 2.81 bits per heavy atom. The molecule has 0 fully saturated rings. The fourth-order valence-electron chi connectivity index (χ4n) is 0.938. The number of hydrogen-bond donors (Lipinski definition) is 0.